The molecule has 0 aliphatic heterocycles. The number of nitrogens with one attached hydrogen (secondary N) is 1. The van der Waals surface area contributed by atoms with Crippen LogP contribution in [0.5, 0.6) is 11.5 Å². The first-order valence-corrected chi connectivity index (χ1v) is 7.75. The molecule has 5 heteroatoms. The van der Waals surface area contributed by atoms with Crippen molar-refractivity contribution < 1.29 is 14.6 Å². The lowest BCUT2D eigenvalue weighted by atomic mass is 10.1. The molecule has 0 fully saturated rings. The van der Waals surface area contributed by atoms with Crippen molar-refractivity contribution in [3.05, 3.63) is 72.1 Å². The molecule has 1 aliphatic rings. The van der Waals surface area contributed by atoms with E-state index >= 15 is 0 Å². The van der Waals surface area contributed by atoms with Gasteiger partial charge in [-0.25, -0.2) is 0 Å². The number of aliphatic imine (C=N–C) groups is 1. The molecule has 2 aromatic carbocycles. The third-order valence-electron chi connectivity index (χ3n) is 3.62. The molecule has 0 amide bonds. The predicted octanol–water partition coefficient (Wildman–Crippen LogP) is 4.22. The maximum atomic E-state index is 10.0. The van der Waals surface area contributed by atoms with Gasteiger partial charge in [0.2, 0.25) is 0 Å². The molecule has 0 saturated carbocycles. The summed E-state index contributed by atoms with van der Waals surface area (Å²) in [5, 5.41) is 13.3. The van der Waals surface area contributed by atoms with Crippen LogP contribution >= 0.6 is 0 Å². The van der Waals surface area contributed by atoms with E-state index in [1.165, 1.54) is 0 Å². The molecular formula is C20H18N2O3. The highest BCUT2D eigenvalue weighted by molar-refractivity contribution is 6.05. The van der Waals surface area contributed by atoms with Crippen LogP contribution in [-0.4, -0.2) is 25.0 Å². The Morgan fingerprint density at radius 3 is 2.20 bits per heavy atom. The summed E-state index contributed by atoms with van der Waals surface area (Å²) in [5.74, 6) is 1.54. The molecule has 0 atom stereocenters. The van der Waals surface area contributed by atoms with Gasteiger partial charge in [-0.3, -0.25) is 4.99 Å². The Hall–Kier alpha value is -3.30. The van der Waals surface area contributed by atoms with Crippen LogP contribution in [0.25, 0.3) is 0 Å². The minimum atomic E-state index is -0.00361. The Labute approximate surface area is 146 Å². The molecule has 3 rings (SSSR count). The largest absolute Gasteiger partial charge is 0.497 e. The van der Waals surface area contributed by atoms with Crippen LogP contribution in [0, 0.1) is 12.2 Å². The normalized spacial score (nSPS) is 15.0. The van der Waals surface area contributed by atoms with Crippen molar-refractivity contribution in [2.75, 3.05) is 19.5 Å². The van der Waals surface area contributed by atoms with Crippen molar-refractivity contribution in [1.29, 1.82) is 0 Å². The summed E-state index contributed by atoms with van der Waals surface area (Å²) in [6.45, 7) is 0. The number of aliphatic hydroxyl groups is 1. The molecule has 0 unspecified atom stereocenters. The molecule has 126 valence electrons. The third kappa shape index (κ3) is 4.16. The molecule has 1 aliphatic carbocycles. The fraction of sp³-hybridized carbons (Fsp3) is 0.150. The average molecular weight is 334 g/mol. The van der Waals surface area contributed by atoms with Crippen LogP contribution in [0.1, 0.15) is 6.42 Å². The van der Waals surface area contributed by atoms with Gasteiger partial charge in [-0.2, -0.15) is 0 Å². The van der Waals surface area contributed by atoms with E-state index in [4.69, 9.17) is 9.47 Å². The number of hydrogen-bond donors (Lipinski definition) is 2. The van der Waals surface area contributed by atoms with Crippen LogP contribution < -0.4 is 14.8 Å². The monoisotopic (exact) mass is 334 g/mol. The van der Waals surface area contributed by atoms with Crippen LogP contribution in [-0.2, 0) is 0 Å². The Morgan fingerprint density at radius 1 is 1.00 bits per heavy atom. The van der Waals surface area contributed by atoms with E-state index in [0.29, 0.717) is 17.8 Å². The lowest BCUT2D eigenvalue weighted by Crippen LogP contribution is -2.11. The van der Waals surface area contributed by atoms with Crippen molar-refractivity contribution in [3.8, 4) is 11.5 Å². The standard InChI is InChI=1S/C20H18N2O3/c1-24-17-8-3-14(4-9-17)21-16-7-12-20(23)19(13-16)22-15-5-10-18(25-2)11-6-15/h3-6,8-11,21,23H,7H2,1-2H3. The van der Waals surface area contributed by atoms with Crippen LogP contribution in [0.15, 0.2) is 65.0 Å². The van der Waals surface area contributed by atoms with Gasteiger partial charge in [0.1, 0.15) is 23.0 Å². The lowest BCUT2D eigenvalue weighted by Gasteiger charge is -2.13. The fourth-order valence-electron chi connectivity index (χ4n) is 2.29. The number of ether oxygens (including phenoxy) is 2. The van der Waals surface area contributed by atoms with Gasteiger partial charge in [-0.1, -0.05) is 0 Å². The number of methoxy groups -OCH3 is 2. The molecular weight excluding hydrogens is 316 g/mol. The van der Waals surface area contributed by atoms with E-state index in [1.54, 1.807) is 14.2 Å². The van der Waals surface area contributed by atoms with Gasteiger partial charge in [0.25, 0.3) is 0 Å². The predicted molar refractivity (Wildman–Crippen MR) is 97.5 cm³/mol. The first-order valence-electron chi connectivity index (χ1n) is 7.75. The van der Waals surface area contributed by atoms with E-state index < -0.39 is 0 Å². The highest BCUT2D eigenvalue weighted by Crippen LogP contribution is 2.22. The van der Waals surface area contributed by atoms with Crippen molar-refractivity contribution >= 4 is 17.1 Å². The molecule has 25 heavy (non-hydrogen) atoms. The van der Waals surface area contributed by atoms with E-state index in [9.17, 15) is 5.11 Å². The van der Waals surface area contributed by atoms with Crippen molar-refractivity contribution in [2.45, 2.75) is 6.42 Å². The molecule has 0 aromatic heterocycles. The fourth-order valence-corrected chi connectivity index (χ4v) is 2.29. The number of hydrogen-bond acceptors (Lipinski definition) is 5. The maximum absolute atomic E-state index is 10.0. The maximum Gasteiger partial charge on any atom is 0.181 e. The van der Waals surface area contributed by atoms with Crippen LogP contribution in [0.3, 0.4) is 0 Å². The van der Waals surface area contributed by atoms with E-state index in [2.05, 4.69) is 22.5 Å². The number of rotatable bonds is 5. The summed E-state index contributed by atoms with van der Waals surface area (Å²) >= 11 is 0. The topological polar surface area (TPSA) is 63.1 Å². The summed E-state index contributed by atoms with van der Waals surface area (Å²) < 4.78 is 10.3. The molecule has 0 heterocycles. The molecule has 5 nitrogen and oxygen atoms in total. The Bertz CT molecular complexity index is 819. The second-order valence-electron chi connectivity index (χ2n) is 5.32. The number of anilines is 1. The zero-order valence-electron chi connectivity index (χ0n) is 14.0. The number of allylic oxidation sites excluding steroid dienone is 2. The third-order valence-corrected chi connectivity index (χ3v) is 3.62. The van der Waals surface area contributed by atoms with Crippen LogP contribution in [0.4, 0.5) is 11.4 Å². The summed E-state index contributed by atoms with van der Waals surface area (Å²) in [6, 6.07) is 14.8. The zero-order valence-corrected chi connectivity index (χ0v) is 14.0. The van der Waals surface area contributed by atoms with Crippen molar-refractivity contribution in [1.82, 2.24) is 0 Å². The van der Waals surface area contributed by atoms with Gasteiger partial charge < -0.3 is 19.9 Å². The first kappa shape index (κ1) is 16.6. The quantitative estimate of drug-likeness (QED) is 0.804. The molecule has 0 spiro atoms. The summed E-state index contributed by atoms with van der Waals surface area (Å²) in [6.07, 6.45) is 6.43. The summed E-state index contributed by atoms with van der Waals surface area (Å²) in [5.41, 5.74) is 2.71. The minimum Gasteiger partial charge on any atom is -0.497 e. The molecule has 2 N–H and O–H groups in total. The highest BCUT2D eigenvalue weighted by Gasteiger charge is 2.14. The van der Waals surface area contributed by atoms with Gasteiger partial charge >= 0.3 is 0 Å². The SMILES string of the molecule is COc1ccc(N=C2[C+]=C(Nc3ccc(OC)cc3)C[C-]=C2O)cc1. The Kier molecular flexibility index (Phi) is 4.97. The first-order chi connectivity index (χ1) is 12.2. The summed E-state index contributed by atoms with van der Waals surface area (Å²) in [4.78, 5) is 4.41. The van der Waals surface area contributed by atoms with E-state index in [-0.39, 0.29) is 5.76 Å². The zero-order chi connectivity index (χ0) is 17.6. The van der Waals surface area contributed by atoms with Crippen molar-refractivity contribution in [2.24, 2.45) is 4.99 Å². The van der Waals surface area contributed by atoms with Gasteiger partial charge in [0.05, 0.1) is 14.2 Å². The number of nitrogens with zero attached hydrogens (tertiary/aromatic N) is 1. The highest BCUT2D eigenvalue weighted by atomic mass is 16.5. The molecule has 0 saturated heterocycles. The molecule has 0 bridgehead atoms. The Morgan fingerprint density at radius 2 is 1.60 bits per heavy atom. The number of benzene rings is 2. The van der Waals surface area contributed by atoms with E-state index in [0.717, 1.165) is 22.9 Å². The average Bonchev–Trinajstić information content (AvgIpc) is 2.66. The second-order valence-corrected chi connectivity index (χ2v) is 5.32. The lowest BCUT2D eigenvalue weighted by molar-refractivity contribution is 0.415. The van der Waals surface area contributed by atoms with Gasteiger partial charge in [0, 0.05) is 17.5 Å². The number of aliphatic hydroxyl groups excluding tert-OH is 1. The molecule has 2 aromatic rings. The smallest absolute Gasteiger partial charge is 0.181 e. The van der Waals surface area contributed by atoms with Crippen LogP contribution in [0.2, 0.25) is 0 Å². The second kappa shape index (κ2) is 7.51. The van der Waals surface area contributed by atoms with Crippen molar-refractivity contribution in [3.63, 3.8) is 0 Å². The molecule has 0 radical (unpaired) electrons. The van der Waals surface area contributed by atoms with Gasteiger partial charge in [0.15, 0.2) is 5.71 Å². The Balaban J connectivity index is 1.79. The van der Waals surface area contributed by atoms with Gasteiger partial charge in [-0.05, 0) is 55.0 Å². The van der Waals surface area contributed by atoms with Gasteiger partial charge in [-0.15, -0.1) is 6.08 Å². The minimum absolute atomic E-state index is 0.00361. The summed E-state index contributed by atoms with van der Waals surface area (Å²) in [7, 11) is 3.24. The van der Waals surface area contributed by atoms with E-state index in [1.807, 2.05) is 48.5 Å².